The van der Waals surface area contributed by atoms with E-state index in [1.807, 2.05) is 24.3 Å². The largest absolute Gasteiger partial charge is 0.313 e. The van der Waals surface area contributed by atoms with Crippen molar-refractivity contribution >= 4 is 17.2 Å². The molecular weight excluding hydrogens is 302 g/mol. The molecule has 4 heteroatoms. The van der Waals surface area contributed by atoms with Gasteiger partial charge in [-0.1, -0.05) is 43.3 Å². The molecule has 0 bridgehead atoms. The lowest BCUT2D eigenvalue weighted by Crippen LogP contribution is -2.14. The minimum Gasteiger partial charge on any atom is -0.313 e. The van der Waals surface area contributed by atoms with Crippen LogP contribution in [-0.4, -0.2) is 9.55 Å². The third-order valence-electron chi connectivity index (χ3n) is 3.63. The van der Waals surface area contributed by atoms with Gasteiger partial charge in [0.05, 0.1) is 5.69 Å². The van der Waals surface area contributed by atoms with E-state index in [1.54, 1.807) is 17.5 Å². The van der Waals surface area contributed by atoms with Crippen molar-refractivity contribution in [2.75, 3.05) is 0 Å². The Bertz CT molecular complexity index is 842. The fraction of sp³-hybridized carbons (Fsp3) is 0.158. The van der Waals surface area contributed by atoms with Crippen molar-refractivity contribution in [2.45, 2.75) is 19.9 Å². The van der Waals surface area contributed by atoms with Crippen LogP contribution < -0.4 is 4.80 Å². The molecule has 0 atom stereocenters. The van der Waals surface area contributed by atoms with Crippen molar-refractivity contribution in [1.29, 1.82) is 0 Å². The average molecular weight is 321 g/mol. The highest BCUT2D eigenvalue weighted by atomic mass is 32.1. The molecule has 1 aromatic carbocycles. The Hall–Kier alpha value is -2.46. The first kappa shape index (κ1) is 15.4. The standard InChI is InChI=1S/C19H19N3S/c1-3-13-22-17(16-10-8-15(4-2)9-11-16)14-23-19(22)21-18-7-5-6-12-20-18/h3,5-12,14H,1,4,13H2,2H3. The van der Waals surface area contributed by atoms with E-state index in [0.29, 0.717) is 0 Å². The van der Waals surface area contributed by atoms with Crippen molar-refractivity contribution < 1.29 is 0 Å². The number of hydrogen-bond acceptors (Lipinski definition) is 3. The summed E-state index contributed by atoms with van der Waals surface area (Å²) in [6.45, 7) is 6.76. The van der Waals surface area contributed by atoms with Gasteiger partial charge < -0.3 is 4.57 Å². The van der Waals surface area contributed by atoms with E-state index in [0.717, 1.165) is 29.3 Å². The maximum absolute atomic E-state index is 4.66. The summed E-state index contributed by atoms with van der Waals surface area (Å²) >= 11 is 1.62. The number of benzene rings is 1. The Morgan fingerprint density at radius 2 is 2.04 bits per heavy atom. The molecule has 0 N–H and O–H groups in total. The number of rotatable bonds is 5. The highest BCUT2D eigenvalue weighted by molar-refractivity contribution is 7.07. The van der Waals surface area contributed by atoms with Gasteiger partial charge in [0.25, 0.3) is 0 Å². The molecule has 116 valence electrons. The second kappa shape index (κ2) is 7.20. The Morgan fingerprint density at radius 3 is 2.70 bits per heavy atom. The van der Waals surface area contributed by atoms with E-state index >= 15 is 0 Å². The van der Waals surface area contributed by atoms with Crippen LogP contribution in [0.25, 0.3) is 11.3 Å². The first-order chi connectivity index (χ1) is 11.3. The van der Waals surface area contributed by atoms with Gasteiger partial charge in [0.1, 0.15) is 0 Å². The summed E-state index contributed by atoms with van der Waals surface area (Å²) in [5.74, 6) is 0.722. The average Bonchev–Trinajstić information content (AvgIpc) is 2.99. The van der Waals surface area contributed by atoms with E-state index < -0.39 is 0 Å². The molecule has 0 aliphatic rings. The predicted octanol–water partition coefficient (Wildman–Crippen LogP) is 4.59. The topological polar surface area (TPSA) is 30.2 Å². The molecule has 0 unspecified atom stereocenters. The summed E-state index contributed by atoms with van der Waals surface area (Å²) in [5, 5.41) is 2.15. The fourth-order valence-electron chi connectivity index (χ4n) is 2.38. The number of nitrogens with zero attached hydrogens (tertiary/aromatic N) is 3. The van der Waals surface area contributed by atoms with Gasteiger partial charge in [0, 0.05) is 18.1 Å². The van der Waals surface area contributed by atoms with Crippen LogP contribution in [0.3, 0.4) is 0 Å². The summed E-state index contributed by atoms with van der Waals surface area (Å²) in [7, 11) is 0. The molecular formula is C19H19N3S. The van der Waals surface area contributed by atoms with Crippen LogP contribution in [0.15, 0.2) is 71.7 Å². The molecule has 0 amide bonds. The zero-order valence-electron chi connectivity index (χ0n) is 13.1. The highest BCUT2D eigenvalue weighted by Crippen LogP contribution is 2.21. The first-order valence-electron chi connectivity index (χ1n) is 7.66. The van der Waals surface area contributed by atoms with Gasteiger partial charge in [-0.15, -0.1) is 17.9 Å². The van der Waals surface area contributed by atoms with E-state index in [2.05, 4.69) is 57.7 Å². The van der Waals surface area contributed by atoms with Gasteiger partial charge in [0.15, 0.2) is 10.6 Å². The third-order valence-corrected chi connectivity index (χ3v) is 4.49. The molecule has 0 aliphatic carbocycles. The predicted molar refractivity (Wildman–Crippen MR) is 96.8 cm³/mol. The van der Waals surface area contributed by atoms with Crippen molar-refractivity contribution in [3.05, 3.63) is 77.1 Å². The lowest BCUT2D eigenvalue weighted by Gasteiger charge is -2.07. The Labute approximate surface area is 140 Å². The highest BCUT2D eigenvalue weighted by Gasteiger charge is 2.07. The second-order valence-corrected chi connectivity index (χ2v) is 5.99. The normalized spacial score (nSPS) is 11.6. The maximum atomic E-state index is 4.66. The molecule has 0 saturated carbocycles. The van der Waals surface area contributed by atoms with Gasteiger partial charge in [0.2, 0.25) is 0 Å². The second-order valence-electron chi connectivity index (χ2n) is 5.15. The zero-order chi connectivity index (χ0) is 16.1. The van der Waals surface area contributed by atoms with E-state index in [-0.39, 0.29) is 0 Å². The molecule has 3 rings (SSSR count). The maximum Gasteiger partial charge on any atom is 0.192 e. The number of allylic oxidation sites excluding steroid dienone is 1. The van der Waals surface area contributed by atoms with Gasteiger partial charge in [-0.05, 0) is 29.7 Å². The van der Waals surface area contributed by atoms with Crippen molar-refractivity contribution in [3.63, 3.8) is 0 Å². The molecule has 3 nitrogen and oxygen atoms in total. The number of hydrogen-bond donors (Lipinski definition) is 0. The molecule has 0 spiro atoms. The van der Waals surface area contributed by atoms with Crippen LogP contribution in [0.5, 0.6) is 0 Å². The quantitative estimate of drug-likeness (QED) is 0.632. The minimum atomic E-state index is 0.722. The number of pyridine rings is 1. The summed E-state index contributed by atoms with van der Waals surface area (Å²) in [6.07, 6.45) is 4.71. The van der Waals surface area contributed by atoms with Gasteiger partial charge >= 0.3 is 0 Å². The first-order valence-corrected chi connectivity index (χ1v) is 8.54. The molecule has 2 aromatic heterocycles. The van der Waals surface area contributed by atoms with Crippen LogP contribution in [-0.2, 0) is 13.0 Å². The number of aryl methyl sites for hydroxylation is 1. The van der Waals surface area contributed by atoms with Crippen LogP contribution in [0.1, 0.15) is 12.5 Å². The molecule has 2 heterocycles. The van der Waals surface area contributed by atoms with E-state index in [1.165, 1.54) is 11.1 Å². The summed E-state index contributed by atoms with van der Waals surface area (Å²) < 4.78 is 2.17. The third kappa shape index (κ3) is 3.48. The van der Waals surface area contributed by atoms with Crippen molar-refractivity contribution in [3.8, 4) is 11.3 Å². The van der Waals surface area contributed by atoms with Crippen LogP contribution in [0.2, 0.25) is 0 Å². The smallest absolute Gasteiger partial charge is 0.192 e. The van der Waals surface area contributed by atoms with Gasteiger partial charge in [-0.25, -0.2) is 9.98 Å². The van der Waals surface area contributed by atoms with E-state index in [9.17, 15) is 0 Å². The van der Waals surface area contributed by atoms with Gasteiger partial charge in [-0.3, -0.25) is 0 Å². The van der Waals surface area contributed by atoms with Crippen LogP contribution in [0.4, 0.5) is 5.82 Å². The molecule has 0 saturated heterocycles. The molecule has 0 aliphatic heterocycles. The summed E-state index contributed by atoms with van der Waals surface area (Å²) in [4.78, 5) is 9.87. The monoisotopic (exact) mass is 321 g/mol. The fourth-order valence-corrected chi connectivity index (χ4v) is 3.31. The molecule has 23 heavy (non-hydrogen) atoms. The Balaban J connectivity index is 2.08. The minimum absolute atomic E-state index is 0.722. The number of aromatic nitrogens is 2. The summed E-state index contributed by atoms with van der Waals surface area (Å²) in [6, 6.07) is 14.5. The van der Waals surface area contributed by atoms with Crippen molar-refractivity contribution in [2.24, 2.45) is 4.99 Å². The molecule has 0 fully saturated rings. The van der Waals surface area contributed by atoms with Crippen molar-refractivity contribution in [1.82, 2.24) is 9.55 Å². The zero-order valence-corrected chi connectivity index (χ0v) is 14.0. The van der Waals surface area contributed by atoms with Crippen LogP contribution in [0, 0.1) is 0 Å². The lowest BCUT2D eigenvalue weighted by molar-refractivity contribution is 0.799. The molecule has 0 radical (unpaired) electrons. The van der Waals surface area contributed by atoms with Gasteiger partial charge in [-0.2, -0.15) is 0 Å². The SMILES string of the molecule is C=CCn1c(-c2ccc(CC)cc2)csc1=Nc1ccccn1. The van der Waals surface area contributed by atoms with Crippen LogP contribution >= 0.6 is 11.3 Å². The Morgan fingerprint density at radius 1 is 1.22 bits per heavy atom. The van der Waals surface area contributed by atoms with E-state index in [4.69, 9.17) is 0 Å². The molecule has 3 aromatic rings. The number of thiazole rings is 1. The Kier molecular flexibility index (Phi) is 4.83. The lowest BCUT2D eigenvalue weighted by atomic mass is 10.1. The summed E-state index contributed by atoms with van der Waals surface area (Å²) in [5.41, 5.74) is 3.70.